The molecule has 25 heavy (non-hydrogen) atoms. The van der Waals surface area contributed by atoms with Gasteiger partial charge in [-0.15, -0.1) is 0 Å². The Kier molecular flexibility index (Phi) is 5.02. The van der Waals surface area contributed by atoms with Gasteiger partial charge in [0.2, 0.25) is 11.8 Å². The summed E-state index contributed by atoms with van der Waals surface area (Å²) in [6.07, 6.45) is 2.47. The molecule has 0 unspecified atom stereocenters. The van der Waals surface area contributed by atoms with Crippen molar-refractivity contribution in [3.8, 4) is 5.75 Å². The number of carbonyl (C=O) groups is 2. The molecule has 0 spiro atoms. The summed E-state index contributed by atoms with van der Waals surface area (Å²) in [5, 5.41) is 6.23. The zero-order valence-corrected chi connectivity index (χ0v) is 14.1. The average molecular weight is 343 g/mol. The molecule has 1 aliphatic rings. The molecule has 0 aliphatic heterocycles. The number of hydrogen-bond donors (Lipinski definition) is 3. The molecule has 1 aromatic heterocycles. The normalized spacial score (nSPS) is 13.5. The summed E-state index contributed by atoms with van der Waals surface area (Å²) in [4.78, 5) is 38.3. The van der Waals surface area contributed by atoms with Gasteiger partial charge >= 0.3 is 0 Å². The molecule has 132 valence electrons. The van der Waals surface area contributed by atoms with E-state index in [0.29, 0.717) is 17.7 Å². The Bertz CT molecular complexity index is 855. The lowest BCUT2D eigenvalue weighted by molar-refractivity contribution is -0.126. The number of ether oxygens (including phenoxy) is 1. The van der Waals surface area contributed by atoms with Gasteiger partial charge in [0.25, 0.3) is 5.56 Å². The highest BCUT2D eigenvalue weighted by Crippen LogP contribution is 2.19. The van der Waals surface area contributed by atoms with Gasteiger partial charge in [-0.2, -0.15) is 0 Å². The summed E-state index contributed by atoms with van der Waals surface area (Å²) >= 11 is 0. The fourth-order valence-electron chi connectivity index (χ4n) is 2.56. The van der Waals surface area contributed by atoms with E-state index in [1.165, 1.54) is 0 Å². The van der Waals surface area contributed by atoms with E-state index in [0.717, 1.165) is 23.7 Å². The van der Waals surface area contributed by atoms with Crippen LogP contribution in [0.5, 0.6) is 5.75 Å². The highest BCUT2D eigenvalue weighted by molar-refractivity contribution is 5.85. The fraction of sp³-hybridized carbons (Fsp3) is 0.389. The van der Waals surface area contributed by atoms with Crippen LogP contribution < -0.4 is 20.9 Å². The first-order valence-electron chi connectivity index (χ1n) is 8.31. The number of rotatable bonds is 7. The minimum atomic E-state index is -0.254. The van der Waals surface area contributed by atoms with E-state index < -0.39 is 0 Å². The number of methoxy groups -OCH3 is 1. The maximum absolute atomic E-state index is 12.1. The minimum absolute atomic E-state index is 0.0272. The Morgan fingerprint density at radius 3 is 2.76 bits per heavy atom. The maximum atomic E-state index is 12.1. The lowest BCUT2D eigenvalue weighted by atomic mass is 10.1. The number of carbonyl (C=O) groups excluding carboxylic acids is 2. The lowest BCUT2D eigenvalue weighted by Gasteiger charge is -2.07. The van der Waals surface area contributed by atoms with Crippen LogP contribution in [0.1, 0.15) is 24.8 Å². The molecule has 2 aromatic rings. The topological polar surface area (TPSA) is 100 Å². The zero-order chi connectivity index (χ0) is 17.8. The van der Waals surface area contributed by atoms with Crippen LogP contribution in [0.4, 0.5) is 0 Å². The molecule has 1 fully saturated rings. The van der Waals surface area contributed by atoms with Gasteiger partial charge in [0.15, 0.2) is 0 Å². The maximum Gasteiger partial charge on any atom is 0.251 e. The van der Waals surface area contributed by atoms with E-state index in [-0.39, 0.29) is 36.4 Å². The minimum Gasteiger partial charge on any atom is -0.497 e. The van der Waals surface area contributed by atoms with Gasteiger partial charge in [0.05, 0.1) is 13.7 Å². The SMILES string of the molecule is COc1ccc2[nH]c(=O)c(CCC(=O)NCC(=O)NC3CC3)cc2c1. The summed E-state index contributed by atoms with van der Waals surface area (Å²) < 4.78 is 5.18. The molecule has 0 bridgehead atoms. The summed E-state index contributed by atoms with van der Waals surface area (Å²) in [5.74, 6) is 0.271. The number of amides is 2. The molecule has 0 atom stereocenters. The van der Waals surface area contributed by atoms with Crippen LogP contribution in [0, 0.1) is 0 Å². The van der Waals surface area contributed by atoms with Crippen LogP contribution in [0.2, 0.25) is 0 Å². The van der Waals surface area contributed by atoms with Crippen LogP contribution in [0.15, 0.2) is 29.1 Å². The second-order valence-corrected chi connectivity index (χ2v) is 6.20. The molecular weight excluding hydrogens is 322 g/mol. The highest BCUT2D eigenvalue weighted by Gasteiger charge is 2.23. The van der Waals surface area contributed by atoms with Crippen LogP contribution in [-0.2, 0) is 16.0 Å². The first kappa shape index (κ1) is 17.0. The van der Waals surface area contributed by atoms with Gasteiger partial charge in [0.1, 0.15) is 5.75 Å². The third kappa shape index (κ3) is 4.59. The van der Waals surface area contributed by atoms with Gasteiger partial charge in [-0.05, 0) is 43.5 Å². The van der Waals surface area contributed by atoms with Crippen molar-refractivity contribution < 1.29 is 14.3 Å². The Labute approximate surface area is 144 Å². The Morgan fingerprint density at radius 1 is 1.24 bits per heavy atom. The smallest absolute Gasteiger partial charge is 0.251 e. The van der Waals surface area contributed by atoms with E-state index in [4.69, 9.17) is 4.74 Å². The third-order valence-corrected chi connectivity index (χ3v) is 4.14. The summed E-state index contributed by atoms with van der Waals surface area (Å²) in [6, 6.07) is 7.43. The fourth-order valence-corrected chi connectivity index (χ4v) is 2.56. The number of benzene rings is 1. The standard InChI is InChI=1S/C18H21N3O4/c1-25-14-5-6-15-12(9-14)8-11(18(24)21-15)2-7-16(22)19-10-17(23)20-13-3-4-13/h5-6,8-9,13H,2-4,7,10H2,1H3,(H,19,22)(H,20,23)(H,21,24). The number of pyridine rings is 1. The molecule has 1 aromatic carbocycles. The predicted octanol–water partition coefficient (Wildman–Crippen LogP) is 0.864. The second-order valence-electron chi connectivity index (χ2n) is 6.20. The first-order valence-corrected chi connectivity index (χ1v) is 8.31. The lowest BCUT2D eigenvalue weighted by Crippen LogP contribution is -2.38. The molecule has 2 amide bonds. The van der Waals surface area contributed by atoms with Crippen molar-refractivity contribution in [1.29, 1.82) is 0 Å². The van der Waals surface area contributed by atoms with Crippen molar-refractivity contribution in [2.45, 2.75) is 31.7 Å². The number of fused-ring (bicyclic) bond motifs is 1. The Morgan fingerprint density at radius 2 is 2.04 bits per heavy atom. The van der Waals surface area contributed by atoms with Crippen molar-refractivity contribution >= 4 is 22.7 Å². The summed E-state index contributed by atoms with van der Waals surface area (Å²) in [7, 11) is 1.58. The second kappa shape index (κ2) is 7.38. The monoisotopic (exact) mass is 343 g/mol. The van der Waals surface area contributed by atoms with Crippen LogP contribution in [-0.4, -0.2) is 36.5 Å². The number of H-pyrrole nitrogens is 1. The number of nitrogens with one attached hydrogen (secondary N) is 3. The third-order valence-electron chi connectivity index (χ3n) is 4.14. The number of aromatic nitrogens is 1. The molecule has 0 saturated heterocycles. The van der Waals surface area contributed by atoms with Crippen LogP contribution >= 0.6 is 0 Å². The molecule has 3 rings (SSSR count). The highest BCUT2D eigenvalue weighted by atomic mass is 16.5. The molecule has 7 nitrogen and oxygen atoms in total. The van der Waals surface area contributed by atoms with Crippen molar-refractivity contribution in [3.63, 3.8) is 0 Å². The largest absolute Gasteiger partial charge is 0.497 e. The summed E-state index contributed by atoms with van der Waals surface area (Å²) in [6.45, 7) is -0.0272. The van der Waals surface area contributed by atoms with E-state index in [9.17, 15) is 14.4 Å². The number of aromatic amines is 1. The van der Waals surface area contributed by atoms with E-state index in [1.54, 1.807) is 25.3 Å². The molecule has 3 N–H and O–H groups in total. The molecule has 0 radical (unpaired) electrons. The van der Waals surface area contributed by atoms with Crippen LogP contribution in [0.3, 0.4) is 0 Å². The van der Waals surface area contributed by atoms with Crippen molar-refractivity contribution in [3.05, 3.63) is 40.2 Å². The van der Waals surface area contributed by atoms with Gasteiger partial charge in [-0.25, -0.2) is 0 Å². The van der Waals surface area contributed by atoms with E-state index >= 15 is 0 Å². The van der Waals surface area contributed by atoms with Crippen molar-refractivity contribution in [2.24, 2.45) is 0 Å². The van der Waals surface area contributed by atoms with E-state index in [1.807, 2.05) is 6.07 Å². The van der Waals surface area contributed by atoms with E-state index in [2.05, 4.69) is 15.6 Å². The number of hydrogen-bond acceptors (Lipinski definition) is 4. The van der Waals surface area contributed by atoms with Crippen LogP contribution in [0.25, 0.3) is 10.9 Å². The van der Waals surface area contributed by atoms with Crippen molar-refractivity contribution in [1.82, 2.24) is 15.6 Å². The predicted molar refractivity (Wildman–Crippen MR) is 93.6 cm³/mol. The van der Waals surface area contributed by atoms with Gasteiger partial charge in [-0.1, -0.05) is 0 Å². The van der Waals surface area contributed by atoms with Crippen molar-refractivity contribution in [2.75, 3.05) is 13.7 Å². The Balaban J connectivity index is 1.57. The van der Waals surface area contributed by atoms with Gasteiger partial charge in [-0.3, -0.25) is 14.4 Å². The molecule has 7 heteroatoms. The number of aryl methyl sites for hydroxylation is 1. The average Bonchev–Trinajstić information content (AvgIpc) is 3.41. The molecular formula is C18H21N3O4. The Hall–Kier alpha value is -2.83. The zero-order valence-electron chi connectivity index (χ0n) is 14.1. The van der Waals surface area contributed by atoms with Gasteiger partial charge in [0, 0.05) is 28.9 Å². The quantitative estimate of drug-likeness (QED) is 0.694. The molecule has 1 saturated carbocycles. The molecule has 1 heterocycles. The van der Waals surface area contributed by atoms with Gasteiger partial charge < -0.3 is 20.4 Å². The first-order chi connectivity index (χ1) is 12.0. The summed E-state index contributed by atoms with van der Waals surface area (Å²) in [5.41, 5.74) is 1.03. The molecule has 1 aliphatic carbocycles.